The quantitative estimate of drug-likeness (QED) is 0.801. The minimum absolute atomic E-state index is 0.0105. The molecule has 0 spiro atoms. The maximum atomic E-state index is 13.5. The molecule has 2 heterocycles. The maximum absolute atomic E-state index is 13.5. The molecular weight excluding hydrogens is 369 g/mol. The monoisotopic (exact) mass is 391 g/mol. The zero-order chi connectivity index (χ0) is 20.4. The van der Waals surface area contributed by atoms with Crippen LogP contribution in [0.4, 0.5) is 10.1 Å². The number of hydrogen-bond acceptors (Lipinski definition) is 3. The molecule has 0 aromatic heterocycles. The highest BCUT2D eigenvalue weighted by Crippen LogP contribution is 2.25. The lowest BCUT2D eigenvalue weighted by Gasteiger charge is -2.19. The predicted octanol–water partition coefficient (Wildman–Crippen LogP) is 3.53. The van der Waals surface area contributed by atoms with Gasteiger partial charge in [-0.1, -0.05) is 6.07 Å². The molecule has 2 amide bonds. The topological polar surface area (TPSA) is 64.4 Å². The molecule has 6 heteroatoms. The molecule has 29 heavy (non-hydrogen) atoms. The van der Waals surface area contributed by atoms with Crippen LogP contribution in [0.15, 0.2) is 42.5 Å². The van der Waals surface area contributed by atoms with Crippen LogP contribution in [0.5, 0.6) is 0 Å². The number of amides is 2. The van der Waals surface area contributed by atoms with Crippen LogP contribution in [0.3, 0.4) is 0 Å². The molecule has 2 aliphatic heterocycles. The third-order valence-electron chi connectivity index (χ3n) is 5.75. The highest BCUT2D eigenvalue weighted by Gasteiger charge is 2.28. The summed E-state index contributed by atoms with van der Waals surface area (Å²) < 4.78 is 13.5. The number of carbonyl (C=O) groups is 2. The number of hydrogen-bond donors (Lipinski definition) is 0. The molecule has 0 saturated carbocycles. The van der Waals surface area contributed by atoms with Crippen molar-refractivity contribution in [2.75, 3.05) is 24.5 Å². The smallest absolute Gasteiger partial charge is 0.253 e. The summed E-state index contributed by atoms with van der Waals surface area (Å²) >= 11 is 0. The molecule has 4 rings (SSSR count). The van der Waals surface area contributed by atoms with Crippen LogP contribution < -0.4 is 4.90 Å². The number of carbonyl (C=O) groups excluding carboxylic acids is 2. The Bertz CT molecular complexity index is 981. The second-order valence-corrected chi connectivity index (χ2v) is 7.73. The summed E-state index contributed by atoms with van der Waals surface area (Å²) in [4.78, 5) is 28.3. The van der Waals surface area contributed by atoms with E-state index in [1.165, 1.54) is 6.07 Å². The van der Waals surface area contributed by atoms with Gasteiger partial charge in [-0.2, -0.15) is 5.26 Å². The number of nitrogens with zero attached hydrogens (tertiary/aromatic N) is 3. The van der Waals surface area contributed by atoms with E-state index >= 15 is 0 Å². The Balaban J connectivity index is 1.38. The fourth-order valence-corrected chi connectivity index (χ4v) is 4.19. The minimum atomic E-state index is -0.501. The van der Waals surface area contributed by atoms with Crippen molar-refractivity contribution in [1.82, 2.24) is 4.90 Å². The summed E-state index contributed by atoms with van der Waals surface area (Å²) in [5.41, 5.74) is 2.44. The first-order valence-corrected chi connectivity index (χ1v) is 9.93. The normalized spacial score (nSPS) is 18.9. The first-order valence-electron chi connectivity index (χ1n) is 9.93. The van der Waals surface area contributed by atoms with E-state index in [4.69, 9.17) is 5.26 Å². The van der Waals surface area contributed by atoms with Gasteiger partial charge in [-0.25, -0.2) is 4.39 Å². The number of anilines is 1. The average molecular weight is 391 g/mol. The fraction of sp³-hybridized carbons (Fsp3) is 0.348. The van der Waals surface area contributed by atoms with Crippen molar-refractivity contribution in [2.45, 2.75) is 25.7 Å². The first kappa shape index (κ1) is 19.1. The van der Waals surface area contributed by atoms with Gasteiger partial charge in [0, 0.05) is 37.3 Å². The van der Waals surface area contributed by atoms with Gasteiger partial charge >= 0.3 is 0 Å². The van der Waals surface area contributed by atoms with Gasteiger partial charge in [-0.3, -0.25) is 9.59 Å². The van der Waals surface area contributed by atoms with Crippen LogP contribution in [0.25, 0.3) is 0 Å². The molecule has 148 valence electrons. The van der Waals surface area contributed by atoms with E-state index in [2.05, 4.69) is 0 Å². The molecule has 0 N–H and O–H groups in total. The Morgan fingerprint density at radius 1 is 1.17 bits per heavy atom. The predicted molar refractivity (Wildman–Crippen MR) is 107 cm³/mol. The molecule has 2 aliphatic rings. The second-order valence-electron chi connectivity index (χ2n) is 7.73. The number of likely N-dealkylation sites (tertiary alicyclic amines) is 1. The van der Waals surface area contributed by atoms with Crippen molar-refractivity contribution in [3.63, 3.8) is 0 Å². The van der Waals surface area contributed by atoms with Gasteiger partial charge in [-0.05, 0) is 67.1 Å². The minimum Gasteiger partial charge on any atom is -0.338 e. The highest BCUT2D eigenvalue weighted by molar-refractivity contribution is 5.97. The summed E-state index contributed by atoms with van der Waals surface area (Å²) in [7, 11) is 0. The van der Waals surface area contributed by atoms with Crippen molar-refractivity contribution >= 4 is 17.5 Å². The molecular formula is C23H22FN3O2. The van der Waals surface area contributed by atoms with Crippen molar-refractivity contribution in [2.24, 2.45) is 5.92 Å². The molecule has 1 unspecified atom stereocenters. The summed E-state index contributed by atoms with van der Waals surface area (Å²) in [6, 6.07) is 13.8. The van der Waals surface area contributed by atoms with Crippen molar-refractivity contribution < 1.29 is 14.0 Å². The van der Waals surface area contributed by atoms with Gasteiger partial charge in [0.05, 0.1) is 5.56 Å². The van der Waals surface area contributed by atoms with Gasteiger partial charge in [-0.15, -0.1) is 0 Å². The maximum Gasteiger partial charge on any atom is 0.253 e. The van der Waals surface area contributed by atoms with Crippen LogP contribution in [0, 0.1) is 23.1 Å². The summed E-state index contributed by atoms with van der Waals surface area (Å²) in [5, 5.41) is 8.98. The van der Waals surface area contributed by atoms with Crippen LogP contribution in [-0.4, -0.2) is 36.3 Å². The molecule has 1 atom stereocenters. The number of rotatable bonds is 4. The van der Waals surface area contributed by atoms with Crippen molar-refractivity contribution in [1.29, 1.82) is 5.26 Å². The van der Waals surface area contributed by atoms with E-state index in [1.807, 2.05) is 23.1 Å². The third-order valence-corrected chi connectivity index (χ3v) is 5.75. The van der Waals surface area contributed by atoms with Gasteiger partial charge in [0.25, 0.3) is 5.91 Å². The zero-order valence-electron chi connectivity index (χ0n) is 16.1. The standard InChI is InChI=1S/C23H22FN3O2/c24-21-8-3-16(13-19(21)14-25)12-17-9-11-26(15-17)23(29)18-4-6-20(7-5-18)27-10-1-2-22(27)28/h3-8,13,17H,1-2,9-12,15H2. The van der Waals surface area contributed by atoms with E-state index in [0.29, 0.717) is 25.1 Å². The Morgan fingerprint density at radius 2 is 1.97 bits per heavy atom. The zero-order valence-corrected chi connectivity index (χ0v) is 16.1. The molecule has 2 fully saturated rings. The largest absolute Gasteiger partial charge is 0.338 e. The molecule has 0 bridgehead atoms. The van der Waals surface area contributed by atoms with Gasteiger partial charge in [0.2, 0.25) is 5.91 Å². The Kier molecular flexibility index (Phi) is 5.30. The fourth-order valence-electron chi connectivity index (χ4n) is 4.19. The Labute approximate surface area is 169 Å². The number of benzene rings is 2. The first-order chi connectivity index (χ1) is 14.0. The SMILES string of the molecule is N#Cc1cc(CC2CCN(C(=O)c3ccc(N4CCCC4=O)cc3)C2)ccc1F. The van der Waals surface area contributed by atoms with Crippen molar-refractivity contribution in [3.05, 3.63) is 65.0 Å². The summed E-state index contributed by atoms with van der Waals surface area (Å²) in [6.45, 7) is 2.06. The number of halogens is 1. The second kappa shape index (κ2) is 8.04. The summed E-state index contributed by atoms with van der Waals surface area (Å²) in [6.07, 6.45) is 3.05. The molecule has 2 aromatic rings. The van der Waals surface area contributed by atoms with Crippen LogP contribution in [0.2, 0.25) is 0 Å². The lowest BCUT2D eigenvalue weighted by atomic mass is 9.97. The molecule has 5 nitrogen and oxygen atoms in total. The number of nitriles is 1. The molecule has 0 radical (unpaired) electrons. The Hall–Kier alpha value is -3.20. The van der Waals surface area contributed by atoms with E-state index in [1.54, 1.807) is 29.2 Å². The van der Waals surface area contributed by atoms with E-state index < -0.39 is 5.82 Å². The van der Waals surface area contributed by atoms with E-state index in [0.717, 1.165) is 37.1 Å². The highest BCUT2D eigenvalue weighted by atomic mass is 19.1. The van der Waals surface area contributed by atoms with Crippen molar-refractivity contribution in [3.8, 4) is 6.07 Å². The Morgan fingerprint density at radius 3 is 2.66 bits per heavy atom. The lowest BCUT2D eigenvalue weighted by Crippen LogP contribution is -2.29. The van der Waals surface area contributed by atoms with E-state index in [9.17, 15) is 14.0 Å². The molecule has 2 saturated heterocycles. The third kappa shape index (κ3) is 4.00. The van der Waals surface area contributed by atoms with Gasteiger partial charge < -0.3 is 9.80 Å². The van der Waals surface area contributed by atoms with Crippen LogP contribution in [0.1, 0.15) is 40.7 Å². The molecule has 2 aromatic carbocycles. The lowest BCUT2D eigenvalue weighted by molar-refractivity contribution is -0.117. The average Bonchev–Trinajstić information content (AvgIpc) is 3.38. The van der Waals surface area contributed by atoms with Gasteiger partial charge in [0.1, 0.15) is 11.9 Å². The van der Waals surface area contributed by atoms with Gasteiger partial charge in [0.15, 0.2) is 0 Å². The summed E-state index contributed by atoms with van der Waals surface area (Å²) in [5.74, 6) is -0.0913. The molecule has 0 aliphatic carbocycles. The van der Waals surface area contributed by atoms with Crippen LogP contribution >= 0.6 is 0 Å². The van der Waals surface area contributed by atoms with E-state index in [-0.39, 0.29) is 23.3 Å². The van der Waals surface area contributed by atoms with Crippen LogP contribution in [-0.2, 0) is 11.2 Å².